The molecular formula is C11H19N2O10P2-3. The van der Waals surface area contributed by atoms with Crippen molar-refractivity contribution in [3.05, 3.63) is 0 Å². The quantitative estimate of drug-likeness (QED) is 0.168. The highest BCUT2D eigenvalue weighted by molar-refractivity contribution is 7.68. The Hall–Kier alpha value is -1.29. The summed E-state index contributed by atoms with van der Waals surface area (Å²) in [4.78, 5) is 42.2. The summed E-state index contributed by atoms with van der Waals surface area (Å²) in [7, 11) is -9.61. The Morgan fingerprint density at radius 3 is 2.16 bits per heavy atom. The molecule has 0 rings (SSSR count). The monoisotopic (exact) mass is 401 g/mol. The highest BCUT2D eigenvalue weighted by Crippen LogP contribution is 2.63. The van der Waals surface area contributed by atoms with Crippen molar-refractivity contribution in [3.63, 3.8) is 0 Å². The van der Waals surface area contributed by atoms with E-state index in [0.29, 0.717) is 0 Å². The molecule has 3 atom stereocenters. The number of aliphatic imine (C=N–C) groups is 1. The predicted octanol–water partition coefficient (Wildman–Crippen LogP) is -3.13. The second kappa shape index (κ2) is 10.0. The van der Waals surface area contributed by atoms with Gasteiger partial charge < -0.3 is 40.4 Å². The maximum Gasteiger partial charge on any atom is 0.475 e. The van der Waals surface area contributed by atoms with Crippen LogP contribution in [0.2, 0.25) is 0 Å². The first kappa shape index (κ1) is 23.7. The molecule has 0 aliphatic carbocycles. The Kier molecular flexibility index (Phi) is 9.49. The van der Waals surface area contributed by atoms with E-state index in [1.807, 2.05) is 0 Å². The zero-order chi connectivity index (χ0) is 19.8. The summed E-state index contributed by atoms with van der Waals surface area (Å²) < 4.78 is 27.9. The minimum Gasteiger partial charge on any atom is -0.862 e. The topological polar surface area (TPSA) is 226 Å². The molecule has 4 N–H and O–H groups in total. The summed E-state index contributed by atoms with van der Waals surface area (Å²) in [6.45, 7) is 1.39. The van der Waals surface area contributed by atoms with Gasteiger partial charge >= 0.3 is 7.82 Å². The van der Waals surface area contributed by atoms with Gasteiger partial charge in [-0.2, -0.15) is 0 Å². The molecule has 0 fully saturated rings. The molecule has 0 heterocycles. The van der Waals surface area contributed by atoms with Gasteiger partial charge in [-0.15, -0.1) is 0 Å². The molecule has 0 spiro atoms. The van der Waals surface area contributed by atoms with Crippen LogP contribution in [0.3, 0.4) is 0 Å². The van der Waals surface area contributed by atoms with E-state index < -0.39 is 63.9 Å². The third-order valence-electron chi connectivity index (χ3n) is 2.96. The second-order valence-corrected chi connectivity index (χ2v) is 9.15. The number of carboxylic acids is 2. The van der Waals surface area contributed by atoms with Crippen molar-refractivity contribution in [1.82, 2.24) is 0 Å². The van der Waals surface area contributed by atoms with Crippen LogP contribution in [0.5, 0.6) is 0 Å². The molecule has 0 aromatic carbocycles. The lowest BCUT2D eigenvalue weighted by Crippen LogP contribution is -2.42. The van der Waals surface area contributed by atoms with Gasteiger partial charge in [0, 0.05) is 18.2 Å². The molecule has 0 aromatic rings. The molecule has 0 aromatic heterocycles. The summed E-state index contributed by atoms with van der Waals surface area (Å²) in [5, 5.41) is 32.8. The fourth-order valence-corrected chi connectivity index (χ4v) is 5.61. The number of nitrogens with two attached hydrogens (primary N) is 1. The van der Waals surface area contributed by atoms with E-state index in [0.717, 1.165) is 0 Å². The van der Waals surface area contributed by atoms with Crippen LogP contribution in [0, 0.1) is 0 Å². The van der Waals surface area contributed by atoms with Gasteiger partial charge in [-0.3, -0.25) is 9.56 Å². The number of aliphatic carboxylic acids is 2. The first-order valence-corrected chi connectivity index (χ1v) is 10.5. The Bertz CT molecular complexity index is 602. The first-order chi connectivity index (χ1) is 11.3. The molecule has 0 aliphatic rings. The van der Waals surface area contributed by atoms with Crippen LogP contribution >= 0.6 is 15.2 Å². The van der Waals surface area contributed by atoms with Crippen LogP contribution in [0.25, 0.3) is 0 Å². The number of hydrogen-bond donors (Lipinski definition) is 3. The number of carbonyl (C=O) groups excluding carboxylic acids is 2. The van der Waals surface area contributed by atoms with Crippen LogP contribution in [-0.4, -0.2) is 45.6 Å². The molecule has 0 saturated heterocycles. The molecule has 1 unspecified atom stereocenters. The number of nitrogens with zero attached hydrogens (tertiary/aromatic N) is 1. The van der Waals surface area contributed by atoms with Crippen LogP contribution in [0.1, 0.15) is 32.6 Å². The van der Waals surface area contributed by atoms with E-state index >= 15 is 0 Å². The summed E-state index contributed by atoms with van der Waals surface area (Å²) in [5.74, 6) is -5.64. The van der Waals surface area contributed by atoms with Crippen molar-refractivity contribution in [2.45, 2.75) is 44.4 Å². The Balaban J connectivity index is 5.37. The molecule has 25 heavy (non-hydrogen) atoms. The van der Waals surface area contributed by atoms with Crippen LogP contribution < -0.4 is 21.1 Å². The minimum absolute atomic E-state index is 0.150. The van der Waals surface area contributed by atoms with Gasteiger partial charge in [0.25, 0.3) is 0 Å². The van der Waals surface area contributed by atoms with E-state index in [9.17, 15) is 34.0 Å². The lowest BCUT2D eigenvalue weighted by Gasteiger charge is -2.26. The molecular weight excluding hydrogens is 382 g/mol. The zero-order valence-electron chi connectivity index (χ0n) is 13.3. The molecule has 146 valence electrons. The SMILES string of the molecule is CC[C@H](N=C([O-])CC[C@H](N)C(=O)[O-])P(=O)(CCC(=O)[O-])OP(=O)(O)O. The van der Waals surface area contributed by atoms with Gasteiger partial charge in [0.1, 0.15) is 5.78 Å². The van der Waals surface area contributed by atoms with Gasteiger partial charge in [-0.1, -0.05) is 6.92 Å². The van der Waals surface area contributed by atoms with Crippen molar-refractivity contribution in [2.24, 2.45) is 10.7 Å². The third kappa shape index (κ3) is 9.69. The molecule has 0 saturated carbocycles. The lowest BCUT2D eigenvalue weighted by molar-refractivity contribution is -0.308. The van der Waals surface area contributed by atoms with Crippen LogP contribution in [0.4, 0.5) is 0 Å². The van der Waals surface area contributed by atoms with Gasteiger partial charge in [0.2, 0.25) is 7.37 Å². The molecule has 14 heteroatoms. The fraction of sp³-hybridized carbons (Fsp3) is 0.727. The van der Waals surface area contributed by atoms with Crippen molar-refractivity contribution in [3.8, 4) is 0 Å². The molecule has 0 bridgehead atoms. The Labute approximate surface area is 143 Å². The van der Waals surface area contributed by atoms with E-state index in [1.54, 1.807) is 0 Å². The van der Waals surface area contributed by atoms with Crippen LogP contribution in [0.15, 0.2) is 4.99 Å². The van der Waals surface area contributed by atoms with Crippen molar-refractivity contribution < 1.29 is 48.1 Å². The van der Waals surface area contributed by atoms with E-state index in [-0.39, 0.29) is 12.8 Å². The lowest BCUT2D eigenvalue weighted by atomic mass is 10.2. The zero-order valence-corrected chi connectivity index (χ0v) is 15.1. The largest absolute Gasteiger partial charge is 0.862 e. The Morgan fingerprint density at radius 1 is 1.20 bits per heavy atom. The number of carbonyl (C=O) groups is 2. The molecule has 0 radical (unpaired) electrons. The average molecular weight is 401 g/mol. The van der Waals surface area contributed by atoms with Crippen LogP contribution in [-0.2, 0) is 23.0 Å². The minimum atomic E-state index is -5.26. The number of carboxylic acid groups (broad SMARTS) is 2. The summed E-state index contributed by atoms with van der Waals surface area (Å²) in [5.41, 5.74) is 5.17. The average Bonchev–Trinajstić information content (AvgIpc) is 2.46. The smallest absolute Gasteiger partial charge is 0.475 e. The van der Waals surface area contributed by atoms with E-state index in [1.165, 1.54) is 6.92 Å². The molecule has 0 aliphatic heterocycles. The maximum atomic E-state index is 12.7. The van der Waals surface area contributed by atoms with Gasteiger partial charge in [-0.25, -0.2) is 8.88 Å². The number of hydrogen-bond acceptors (Lipinski definition) is 10. The molecule has 12 nitrogen and oxygen atoms in total. The van der Waals surface area contributed by atoms with Gasteiger partial charge in [0.05, 0.1) is 5.97 Å². The highest BCUT2D eigenvalue weighted by Gasteiger charge is 2.38. The van der Waals surface area contributed by atoms with E-state index in [2.05, 4.69) is 9.30 Å². The van der Waals surface area contributed by atoms with E-state index in [4.69, 9.17) is 15.5 Å². The predicted molar refractivity (Wildman–Crippen MR) is 79.0 cm³/mol. The normalized spacial score (nSPS) is 17.5. The summed E-state index contributed by atoms with van der Waals surface area (Å²) in [6.07, 6.45) is -2.53. The molecule has 0 amide bonds. The van der Waals surface area contributed by atoms with Crippen molar-refractivity contribution >= 4 is 33.0 Å². The third-order valence-corrected chi connectivity index (χ3v) is 7.15. The maximum absolute atomic E-state index is 12.7. The second-order valence-electron chi connectivity index (χ2n) is 5.02. The number of rotatable bonds is 12. The van der Waals surface area contributed by atoms with Gasteiger partial charge in [-0.05, 0) is 31.6 Å². The summed E-state index contributed by atoms with van der Waals surface area (Å²) >= 11 is 0. The summed E-state index contributed by atoms with van der Waals surface area (Å²) in [6, 6.07) is -1.42. The fourth-order valence-electron chi connectivity index (χ4n) is 1.76. The van der Waals surface area contributed by atoms with Crippen molar-refractivity contribution in [2.75, 3.05) is 6.16 Å². The number of phosphoric acid groups is 1. The van der Waals surface area contributed by atoms with Gasteiger partial charge in [0.15, 0.2) is 0 Å². The standard InChI is InChI=1S/C11H22N2O10P2/c1-2-9(13-8(14)4-3-7(12)11(17)18)24(19,6-5-10(15)16)23-25(20,21)22/h7,9H,2-6,12H2,1H3,(H,13,14)(H,15,16)(H,17,18)(H2,20,21,22)/p-3/t7-,9+,24?/m0/s1. The first-order valence-electron chi connectivity index (χ1n) is 7.06. The highest BCUT2D eigenvalue weighted by atomic mass is 31.3. The van der Waals surface area contributed by atoms with Crippen molar-refractivity contribution in [1.29, 1.82) is 0 Å². The Morgan fingerprint density at radius 2 is 1.76 bits per heavy atom.